The maximum Gasteiger partial charge on any atom is 0.333 e. The Kier molecular flexibility index (Phi) is 39.7. The summed E-state index contributed by atoms with van der Waals surface area (Å²) in [6.07, 6.45) is 4.77. The first-order valence-corrected chi connectivity index (χ1v) is 37.0. The fourth-order valence-electron chi connectivity index (χ4n) is 5.18. The first-order valence-electron chi connectivity index (χ1n) is 26.8. The van der Waals surface area contributed by atoms with Crippen LogP contribution in [0.3, 0.4) is 0 Å². The van der Waals surface area contributed by atoms with E-state index in [9.17, 15) is 27.4 Å². The van der Waals surface area contributed by atoms with E-state index in [0.717, 1.165) is 11.1 Å². The van der Waals surface area contributed by atoms with Gasteiger partial charge in [-0.3, -0.25) is 27.4 Å². The van der Waals surface area contributed by atoms with Crippen LogP contribution in [0, 0.1) is 11.8 Å². The van der Waals surface area contributed by atoms with Gasteiger partial charge in [-0.1, -0.05) is 144 Å². The van der Waals surface area contributed by atoms with Gasteiger partial charge in [0.05, 0.1) is 80.1 Å². The van der Waals surface area contributed by atoms with Gasteiger partial charge in [0.1, 0.15) is 0 Å². The lowest BCUT2D eigenvalue weighted by Gasteiger charge is -2.25. The van der Waals surface area contributed by atoms with Crippen molar-refractivity contribution in [2.75, 3.05) is 47.3 Å². The van der Waals surface area contributed by atoms with Crippen LogP contribution in [0.25, 0.3) is 0 Å². The molecule has 0 spiro atoms. The van der Waals surface area contributed by atoms with Gasteiger partial charge in [0.2, 0.25) is 0 Å². The van der Waals surface area contributed by atoms with Crippen LogP contribution in [-0.4, -0.2) is 98.4 Å². The average molecular weight is 1200 g/mol. The van der Waals surface area contributed by atoms with Gasteiger partial charge in [0, 0.05) is 26.5 Å². The van der Waals surface area contributed by atoms with Crippen molar-refractivity contribution in [1.82, 2.24) is 0 Å². The summed E-state index contributed by atoms with van der Waals surface area (Å²) in [5, 5.41) is 0. The summed E-state index contributed by atoms with van der Waals surface area (Å²) >= 11 is 0. The molecule has 1 N–H and O–H groups in total. The monoisotopic (exact) mass is 1200 g/mol. The van der Waals surface area contributed by atoms with Crippen molar-refractivity contribution in [2.24, 2.45) is 11.8 Å². The Morgan fingerprint density at radius 3 is 0.882 bits per heavy atom. The molecule has 2 fully saturated rings. The van der Waals surface area contributed by atoms with Gasteiger partial charge < -0.3 is 50.1 Å². The van der Waals surface area contributed by atoms with Crippen LogP contribution in [0.2, 0.25) is 0 Å². The van der Waals surface area contributed by atoms with Crippen molar-refractivity contribution in [2.45, 2.75) is 210 Å². The molecule has 17 nitrogen and oxygen atoms in total. The van der Waals surface area contributed by atoms with Crippen LogP contribution < -0.4 is 0 Å². The molecule has 2 aliphatic rings. The van der Waals surface area contributed by atoms with Crippen LogP contribution in [0.4, 0.5) is 0 Å². The molecule has 23 heteroatoms. The van der Waals surface area contributed by atoms with Gasteiger partial charge in [0.25, 0.3) is 0 Å². The minimum absolute atomic E-state index is 0.0185. The van der Waals surface area contributed by atoms with E-state index in [-0.39, 0.29) is 46.2 Å². The lowest BCUT2D eigenvalue weighted by molar-refractivity contribution is 0.138. The van der Waals surface area contributed by atoms with Gasteiger partial charge in [-0.05, 0) is 90.2 Å². The minimum Gasteiger partial charge on any atom is -0.344 e. The van der Waals surface area contributed by atoms with Gasteiger partial charge in [-0.2, -0.15) is 0 Å². The molecule has 0 bridgehead atoms. The fourth-order valence-corrected chi connectivity index (χ4v) is 12.1. The zero-order chi connectivity index (χ0) is 59.1. The Morgan fingerprint density at radius 1 is 0.421 bits per heavy atom. The molecule has 0 aromatic heterocycles. The summed E-state index contributed by atoms with van der Waals surface area (Å²) < 4.78 is 123. The smallest absolute Gasteiger partial charge is 0.333 e. The number of hydrogen-bond acceptors (Lipinski definition) is 16. The Morgan fingerprint density at radius 2 is 0.684 bits per heavy atom. The molecule has 0 amide bonds. The van der Waals surface area contributed by atoms with Crippen molar-refractivity contribution in [3.63, 3.8) is 0 Å². The number of rotatable bonds is 28. The van der Waals surface area contributed by atoms with Crippen LogP contribution >= 0.6 is 45.3 Å². The summed E-state index contributed by atoms with van der Waals surface area (Å²) in [5.41, 5.74) is 1.49. The van der Waals surface area contributed by atoms with E-state index in [2.05, 4.69) is 9.05 Å². The topological polar surface area (TPSA) is 215 Å². The second-order valence-electron chi connectivity index (χ2n) is 20.7. The highest BCUT2D eigenvalue weighted by Gasteiger charge is 2.36. The minimum atomic E-state index is -3.12. The Labute approximate surface area is 461 Å². The van der Waals surface area contributed by atoms with E-state index in [1.165, 1.54) is 46.6 Å². The largest absolute Gasteiger partial charge is 0.344 e. The van der Waals surface area contributed by atoms with Crippen LogP contribution in [-0.2, 0) is 85.8 Å². The van der Waals surface area contributed by atoms with Crippen molar-refractivity contribution in [3.8, 4) is 0 Å². The molecule has 76 heavy (non-hydrogen) atoms. The molecule has 448 valence electrons. The molecule has 0 heterocycles. The number of benzene rings is 2. The van der Waals surface area contributed by atoms with E-state index in [4.69, 9.17) is 41.1 Å². The van der Waals surface area contributed by atoms with Gasteiger partial charge >= 0.3 is 38.0 Å². The van der Waals surface area contributed by atoms with E-state index in [0.29, 0.717) is 51.5 Å². The highest BCUT2D eigenvalue weighted by Crippen LogP contribution is 2.57. The van der Waals surface area contributed by atoms with E-state index >= 15 is 0 Å². The molecular formula is C53H104O17P6. The quantitative estimate of drug-likeness (QED) is 0.0784. The van der Waals surface area contributed by atoms with E-state index in [1.807, 2.05) is 158 Å². The van der Waals surface area contributed by atoms with Gasteiger partial charge in [-0.15, -0.1) is 0 Å². The third kappa shape index (κ3) is 34.6. The lowest BCUT2D eigenvalue weighted by atomic mass is 10.2. The van der Waals surface area contributed by atoms with Crippen molar-refractivity contribution in [1.29, 1.82) is 0 Å². The Balaban J connectivity index is 0. The molecule has 0 saturated heterocycles. The predicted octanol–water partition coefficient (Wildman–Crippen LogP) is 17.7. The standard InChI is InChI=1S/C17H21O3P.C11H21O3P.C9H21O3P.C7H17O3P.C5H13O3P.C4H11O2P/c1-15(2)21(18,19-13-16-9-5-3-6-10-16)20-14-17-11-7-4-8-12-17;1-9(2)15(12,13-7-10-3-4-10)14-8-11-5-6-11;1-7(2)11-13(10,9(5)6)12-8(3)4;1-5-9-11(8,7(3)4)10-6-2;1-5(2)9(6,7-3)8-4;1-4(2)7(3,5)6/h3-12,15H,13-14H2,1-2H3;9-11H,3-8H2,1-2H3;7-9H,1-6H3;7H,5-6H2,1-4H3;5H,1-4H3;4H,1-3H3,(H,5,6). The highest BCUT2D eigenvalue weighted by atomic mass is 31.2. The van der Waals surface area contributed by atoms with Crippen molar-refractivity contribution < 1.29 is 77.5 Å². The maximum absolute atomic E-state index is 12.8. The second-order valence-corrected chi connectivity index (χ2v) is 36.9. The molecule has 0 aliphatic heterocycles. The first-order chi connectivity index (χ1) is 35.0. The molecule has 2 aliphatic carbocycles. The van der Waals surface area contributed by atoms with Gasteiger partial charge in [-0.25, -0.2) is 0 Å². The maximum atomic E-state index is 12.8. The van der Waals surface area contributed by atoms with Gasteiger partial charge in [0.15, 0.2) is 7.37 Å². The number of hydrogen-bond donors (Lipinski definition) is 1. The van der Waals surface area contributed by atoms with Crippen LogP contribution in [0.1, 0.15) is 161 Å². The highest BCUT2D eigenvalue weighted by molar-refractivity contribution is 7.58. The van der Waals surface area contributed by atoms with E-state index in [1.54, 1.807) is 27.7 Å². The molecule has 2 aromatic rings. The molecule has 4 rings (SSSR count). The normalized spacial score (nSPS) is 15.0. The predicted molar refractivity (Wildman–Crippen MR) is 314 cm³/mol. The van der Waals surface area contributed by atoms with Crippen LogP contribution in [0.15, 0.2) is 60.7 Å². The molecule has 1 unspecified atom stereocenters. The fraction of sp³-hybridized carbons (Fsp3) is 0.774. The second kappa shape index (κ2) is 39.0. The Hall–Kier alpha value is -0.620. The van der Waals surface area contributed by atoms with Crippen molar-refractivity contribution in [3.05, 3.63) is 71.8 Å². The van der Waals surface area contributed by atoms with E-state index < -0.39 is 45.3 Å². The summed E-state index contributed by atoms with van der Waals surface area (Å²) in [6, 6.07) is 19.4. The molecule has 0 radical (unpaired) electrons. The third-order valence-corrected chi connectivity index (χ3v) is 24.8. The first kappa shape index (κ1) is 77.4. The summed E-state index contributed by atoms with van der Waals surface area (Å²) in [6.45, 7) is 37.2. The zero-order valence-electron chi connectivity index (χ0n) is 50.3. The zero-order valence-corrected chi connectivity index (χ0v) is 55.6. The Bertz CT molecular complexity index is 1990. The molecule has 1 atom stereocenters. The summed E-state index contributed by atoms with van der Waals surface area (Å²) in [5.74, 6) is 1.28. The molecule has 2 saturated carbocycles. The average Bonchev–Trinajstić information content (AvgIpc) is 4.29. The third-order valence-electron chi connectivity index (χ3n) is 10.8. The SMILES string of the molecule is CC(C)OP(=O)(OC(C)C)C(C)C.CC(C)P(=O)(OCC1CC1)OCC1CC1.CC(C)P(=O)(OCc1ccccc1)OCc1ccccc1.CC(C)P(C)(=O)O.CCOP(=O)(OCC)C(C)C.COP(=O)(OC)C(C)C. The van der Waals surface area contributed by atoms with Crippen LogP contribution in [0.5, 0.6) is 0 Å². The lowest BCUT2D eigenvalue weighted by Crippen LogP contribution is -2.13. The van der Waals surface area contributed by atoms with Crippen molar-refractivity contribution >= 4 is 45.3 Å². The molecule has 2 aromatic carbocycles. The summed E-state index contributed by atoms with van der Waals surface area (Å²) in [4.78, 5) is 8.65. The molecular weight excluding hydrogens is 1090 g/mol. The summed E-state index contributed by atoms with van der Waals surface area (Å²) in [7, 11) is -14.3.